The summed E-state index contributed by atoms with van der Waals surface area (Å²) in [6, 6.07) is 4.24. The van der Waals surface area contributed by atoms with Gasteiger partial charge in [0.25, 0.3) is 0 Å². The number of anilines is 1. The lowest BCUT2D eigenvalue weighted by molar-refractivity contribution is 0.568. The molecule has 96 valence electrons. The Morgan fingerprint density at radius 3 is 2.83 bits per heavy atom. The Labute approximate surface area is 116 Å². The summed E-state index contributed by atoms with van der Waals surface area (Å²) in [5, 5.41) is 5.96. The molecule has 0 fully saturated rings. The molecule has 0 aromatic carbocycles. The van der Waals surface area contributed by atoms with Crippen molar-refractivity contribution in [2.24, 2.45) is 0 Å². The van der Waals surface area contributed by atoms with Gasteiger partial charge in [-0.1, -0.05) is 31.5 Å². The van der Waals surface area contributed by atoms with E-state index in [1.54, 1.807) is 11.3 Å². The van der Waals surface area contributed by atoms with Crippen LogP contribution in [0.1, 0.15) is 24.3 Å². The molecule has 2 rings (SSSR count). The van der Waals surface area contributed by atoms with Crippen LogP contribution in [0.5, 0.6) is 0 Å². The molecule has 0 aliphatic heterocycles. The average Bonchev–Trinajstić information content (AvgIpc) is 2.85. The van der Waals surface area contributed by atoms with Gasteiger partial charge in [-0.05, 0) is 18.4 Å². The van der Waals surface area contributed by atoms with E-state index in [1.165, 1.54) is 11.2 Å². The molecule has 0 saturated carbocycles. The number of thiophene rings is 1. The molecule has 2 aromatic heterocycles. The van der Waals surface area contributed by atoms with Crippen molar-refractivity contribution < 1.29 is 0 Å². The zero-order valence-corrected chi connectivity index (χ0v) is 12.3. The van der Waals surface area contributed by atoms with Gasteiger partial charge in [-0.15, -0.1) is 11.3 Å². The van der Waals surface area contributed by atoms with Gasteiger partial charge in [0.1, 0.15) is 17.3 Å². The molecular weight excluding hydrogens is 266 g/mol. The molecule has 18 heavy (non-hydrogen) atoms. The Balaban J connectivity index is 2.10. The second-order valence-corrected chi connectivity index (χ2v) is 6.16. The number of hydrogen-bond acceptors (Lipinski definition) is 4. The van der Waals surface area contributed by atoms with Gasteiger partial charge < -0.3 is 5.32 Å². The summed E-state index contributed by atoms with van der Waals surface area (Å²) >= 11 is 7.75. The normalized spacial score (nSPS) is 11.6. The fourth-order valence-corrected chi connectivity index (χ4v) is 2.65. The first-order valence-corrected chi connectivity index (χ1v) is 7.01. The number of hydrogen-bond donors (Lipinski definition) is 1. The van der Waals surface area contributed by atoms with Crippen LogP contribution >= 0.6 is 22.9 Å². The zero-order valence-electron chi connectivity index (χ0n) is 10.7. The van der Waals surface area contributed by atoms with E-state index < -0.39 is 0 Å². The molecule has 1 N–H and O–H groups in total. The highest BCUT2D eigenvalue weighted by Crippen LogP contribution is 2.28. The molecule has 0 saturated heterocycles. The maximum Gasteiger partial charge on any atom is 0.137 e. The van der Waals surface area contributed by atoms with Crippen LogP contribution in [-0.4, -0.2) is 16.5 Å². The van der Waals surface area contributed by atoms with Crippen molar-refractivity contribution in [3.63, 3.8) is 0 Å². The van der Waals surface area contributed by atoms with Gasteiger partial charge in [-0.3, -0.25) is 0 Å². The zero-order chi connectivity index (χ0) is 13.2. The van der Waals surface area contributed by atoms with E-state index in [-0.39, 0.29) is 5.41 Å². The van der Waals surface area contributed by atoms with Crippen LogP contribution in [-0.2, 0) is 5.41 Å². The highest BCUT2D eigenvalue weighted by Gasteiger charge is 2.22. The largest absolute Gasteiger partial charge is 0.369 e. The highest BCUT2D eigenvalue weighted by molar-refractivity contribution is 7.10. The molecular formula is C13H16ClN3S. The lowest BCUT2D eigenvalue weighted by Gasteiger charge is -2.24. The van der Waals surface area contributed by atoms with Crippen LogP contribution < -0.4 is 5.32 Å². The predicted molar refractivity (Wildman–Crippen MR) is 77.6 cm³/mol. The third-order valence-electron chi connectivity index (χ3n) is 2.91. The van der Waals surface area contributed by atoms with Crippen LogP contribution in [0.15, 0.2) is 23.8 Å². The van der Waals surface area contributed by atoms with Crippen molar-refractivity contribution in [2.75, 3.05) is 11.9 Å². The number of halogens is 1. The van der Waals surface area contributed by atoms with Crippen molar-refractivity contribution in [2.45, 2.75) is 26.2 Å². The molecule has 0 aliphatic rings. The predicted octanol–water partition coefficient (Wildman–Crippen LogP) is 3.89. The minimum Gasteiger partial charge on any atom is -0.369 e. The lowest BCUT2D eigenvalue weighted by Crippen LogP contribution is -2.27. The second-order valence-electron chi connectivity index (χ2n) is 4.85. The van der Waals surface area contributed by atoms with Gasteiger partial charge in [0.2, 0.25) is 0 Å². The third kappa shape index (κ3) is 2.82. The van der Waals surface area contributed by atoms with Crippen molar-refractivity contribution in [3.05, 3.63) is 39.4 Å². The van der Waals surface area contributed by atoms with E-state index >= 15 is 0 Å². The average molecular weight is 282 g/mol. The van der Waals surface area contributed by atoms with E-state index in [0.29, 0.717) is 5.15 Å². The van der Waals surface area contributed by atoms with Gasteiger partial charge in [0.05, 0.1) is 0 Å². The SMILES string of the molecule is Cc1c(Cl)ncnc1NCC(C)(C)c1cccs1. The standard InChI is InChI=1S/C13H16ClN3S/c1-9-11(14)16-8-17-12(9)15-7-13(2,3)10-5-4-6-18-10/h4-6,8H,7H2,1-3H3,(H,15,16,17). The Bertz CT molecular complexity index is 523. The van der Waals surface area contributed by atoms with Crippen LogP contribution in [0.3, 0.4) is 0 Å². The molecule has 0 bridgehead atoms. The molecule has 2 heterocycles. The fourth-order valence-electron chi connectivity index (χ4n) is 1.66. The minimum absolute atomic E-state index is 0.0675. The third-order valence-corrected chi connectivity index (χ3v) is 4.53. The van der Waals surface area contributed by atoms with Gasteiger partial charge in [0, 0.05) is 22.4 Å². The first kappa shape index (κ1) is 13.3. The molecule has 0 radical (unpaired) electrons. The first-order valence-electron chi connectivity index (χ1n) is 5.75. The van der Waals surface area contributed by atoms with Crippen LogP contribution in [0.4, 0.5) is 5.82 Å². The van der Waals surface area contributed by atoms with Crippen molar-refractivity contribution in [1.29, 1.82) is 0 Å². The van der Waals surface area contributed by atoms with E-state index in [9.17, 15) is 0 Å². The van der Waals surface area contributed by atoms with E-state index in [0.717, 1.165) is 17.9 Å². The summed E-state index contributed by atoms with van der Waals surface area (Å²) in [5.74, 6) is 0.805. The van der Waals surface area contributed by atoms with Crippen molar-refractivity contribution >= 4 is 28.8 Å². The summed E-state index contributed by atoms with van der Waals surface area (Å²) < 4.78 is 0. The fraction of sp³-hybridized carbons (Fsp3) is 0.385. The summed E-state index contributed by atoms with van der Waals surface area (Å²) in [5.41, 5.74) is 0.957. The first-order chi connectivity index (χ1) is 8.50. The van der Waals surface area contributed by atoms with E-state index in [2.05, 4.69) is 46.6 Å². The van der Waals surface area contributed by atoms with Gasteiger partial charge in [-0.25, -0.2) is 9.97 Å². The van der Waals surface area contributed by atoms with Crippen molar-refractivity contribution in [1.82, 2.24) is 9.97 Å². The maximum absolute atomic E-state index is 5.97. The van der Waals surface area contributed by atoms with Crippen molar-refractivity contribution in [3.8, 4) is 0 Å². The molecule has 0 aliphatic carbocycles. The Morgan fingerprint density at radius 2 is 2.17 bits per heavy atom. The number of nitrogens with one attached hydrogen (secondary N) is 1. The van der Waals surface area contributed by atoms with Gasteiger partial charge in [-0.2, -0.15) is 0 Å². The molecule has 0 atom stereocenters. The van der Waals surface area contributed by atoms with E-state index in [1.807, 2.05) is 6.92 Å². The minimum atomic E-state index is 0.0675. The highest BCUT2D eigenvalue weighted by atomic mass is 35.5. The summed E-state index contributed by atoms with van der Waals surface area (Å²) in [6.07, 6.45) is 1.48. The lowest BCUT2D eigenvalue weighted by atomic mass is 9.91. The molecule has 0 amide bonds. The number of nitrogens with zero attached hydrogens (tertiary/aromatic N) is 2. The summed E-state index contributed by atoms with van der Waals surface area (Å²) in [7, 11) is 0. The van der Waals surface area contributed by atoms with Gasteiger partial charge in [0.15, 0.2) is 0 Å². The molecule has 0 spiro atoms. The Morgan fingerprint density at radius 1 is 1.39 bits per heavy atom. The topological polar surface area (TPSA) is 37.8 Å². The van der Waals surface area contributed by atoms with Crippen LogP contribution in [0.2, 0.25) is 5.15 Å². The molecule has 3 nitrogen and oxygen atoms in total. The Hall–Kier alpha value is -1.13. The number of aromatic nitrogens is 2. The summed E-state index contributed by atoms with van der Waals surface area (Å²) in [4.78, 5) is 9.52. The smallest absolute Gasteiger partial charge is 0.137 e. The molecule has 5 heteroatoms. The molecule has 2 aromatic rings. The summed E-state index contributed by atoms with van der Waals surface area (Å²) in [6.45, 7) is 7.15. The Kier molecular flexibility index (Phi) is 3.88. The van der Waals surface area contributed by atoms with Crippen LogP contribution in [0, 0.1) is 6.92 Å². The number of rotatable bonds is 4. The maximum atomic E-state index is 5.97. The van der Waals surface area contributed by atoms with Gasteiger partial charge >= 0.3 is 0 Å². The van der Waals surface area contributed by atoms with Crippen LogP contribution in [0.25, 0.3) is 0 Å². The molecule has 0 unspecified atom stereocenters. The second kappa shape index (κ2) is 5.24. The monoisotopic (exact) mass is 281 g/mol. The quantitative estimate of drug-likeness (QED) is 0.864. The van der Waals surface area contributed by atoms with E-state index in [4.69, 9.17) is 11.6 Å².